The van der Waals surface area contributed by atoms with E-state index < -0.39 is 29.3 Å². The Morgan fingerprint density at radius 2 is 1.74 bits per heavy atom. The fraction of sp³-hybridized carbons (Fsp3) is 0.429. The van der Waals surface area contributed by atoms with Gasteiger partial charge < -0.3 is 25.3 Å². The van der Waals surface area contributed by atoms with Crippen molar-refractivity contribution in [1.29, 1.82) is 0 Å². The van der Waals surface area contributed by atoms with E-state index >= 15 is 0 Å². The molecule has 1 aliphatic carbocycles. The third kappa shape index (κ3) is 6.54. The second-order valence-corrected chi connectivity index (χ2v) is 11.2. The Labute approximate surface area is 232 Å². The zero-order valence-electron chi connectivity index (χ0n) is 21.6. The molecular formula is C28H32Cl2N2O6. The second-order valence-electron chi connectivity index (χ2n) is 10.4. The van der Waals surface area contributed by atoms with Crippen LogP contribution in [0.3, 0.4) is 0 Å². The Hall–Kier alpha value is -2.94. The maximum Gasteiger partial charge on any atom is 0.326 e. The van der Waals surface area contributed by atoms with Crippen LogP contribution >= 0.6 is 23.2 Å². The molecule has 1 aliphatic rings. The molecule has 0 aliphatic heterocycles. The van der Waals surface area contributed by atoms with Gasteiger partial charge in [-0.15, -0.1) is 0 Å². The van der Waals surface area contributed by atoms with Gasteiger partial charge in [0.05, 0.1) is 22.2 Å². The largest absolute Gasteiger partial charge is 0.480 e. The molecule has 3 N–H and O–H groups in total. The molecule has 0 bridgehead atoms. The van der Waals surface area contributed by atoms with Gasteiger partial charge in [-0.05, 0) is 53.5 Å². The first-order chi connectivity index (χ1) is 17.9. The number of amides is 2. The predicted octanol–water partition coefficient (Wildman–Crippen LogP) is 5.02. The van der Waals surface area contributed by atoms with Crippen molar-refractivity contribution in [3.63, 3.8) is 0 Å². The van der Waals surface area contributed by atoms with Crippen LogP contribution in [-0.2, 0) is 25.5 Å². The third-order valence-corrected chi connectivity index (χ3v) is 8.42. The third-order valence-electron chi connectivity index (χ3n) is 7.79. The summed E-state index contributed by atoms with van der Waals surface area (Å²) < 4.78 is 5.47. The molecule has 0 saturated heterocycles. The summed E-state index contributed by atoms with van der Waals surface area (Å²) in [5.41, 5.74) is 0.520. The van der Waals surface area contributed by atoms with Crippen molar-refractivity contribution in [3.05, 3.63) is 63.6 Å². The minimum atomic E-state index is -1.14. The number of carboxylic acid groups (broad SMARTS) is 1. The first kappa shape index (κ1) is 29.6. The molecule has 0 spiro atoms. The van der Waals surface area contributed by atoms with E-state index in [1.165, 1.54) is 0 Å². The fourth-order valence-electron chi connectivity index (χ4n) is 4.96. The van der Waals surface area contributed by atoms with Crippen LogP contribution in [0.2, 0.25) is 10.0 Å². The normalized spacial score (nSPS) is 20.9. The van der Waals surface area contributed by atoms with Crippen molar-refractivity contribution in [2.24, 2.45) is 16.7 Å². The maximum absolute atomic E-state index is 13.2. The number of nitrogens with one attached hydrogen (secondary N) is 2. The van der Waals surface area contributed by atoms with Gasteiger partial charge in [-0.3, -0.25) is 9.59 Å². The summed E-state index contributed by atoms with van der Waals surface area (Å²) in [6.07, 6.45) is 2.08. The lowest BCUT2D eigenvalue weighted by atomic mass is 9.66. The highest BCUT2D eigenvalue weighted by Gasteiger charge is 2.54. The molecule has 2 aromatic carbocycles. The molecule has 0 unspecified atom stereocenters. The van der Waals surface area contributed by atoms with Gasteiger partial charge in [0.1, 0.15) is 18.9 Å². The summed E-state index contributed by atoms with van der Waals surface area (Å²) in [6.45, 7) is 6.33. The van der Waals surface area contributed by atoms with Crippen molar-refractivity contribution in [2.75, 3.05) is 18.5 Å². The lowest BCUT2D eigenvalue weighted by Gasteiger charge is -2.41. The number of aldehydes is 1. The van der Waals surface area contributed by atoms with E-state index in [2.05, 4.69) is 10.6 Å². The monoisotopic (exact) mass is 562 g/mol. The zero-order valence-corrected chi connectivity index (χ0v) is 23.1. The zero-order chi connectivity index (χ0) is 28.1. The molecule has 1 saturated carbocycles. The second kappa shape index (κ2) is 12.3. The van der Waals surface area contributed by atoms with Crippen LogP contribution in [0, 0.1) is 16.7 Å². The van der Waals surface area contributed by atoms with Crippen LogP contribution in [0.25, 0.3) is 0 Å². The van der Waals surface area contributed by atoms with Gasteiger partial charge in [0, 0.05) is 18.0 Å². The Morgan fingerprint density at radius 1 is 1.11 bits per heavy atom. The molecule has 1 fully saturated rings. The Bertz CT molecular complexity index is 1180. The topological polar surface area (TPSA) is 122 Å². The number of benzene rings is 2. The molecule has 38 heavy (non-hydrogen) atoms. The number of carbonyl (C=O) groups excluding carboxylic acids is 3. The van der Waals surface area contributed by atoms with Crippen LogP contribution in [0.1, 0.15) is 49.5 Å². The molecule has 0 aromatic heterocycles. The number of rotatable bonds is 11. The van der Waals surface area contributed by atoms with Crippen LogP contribution < -0.4 is 10.6 Å². The van der Waals surface area contributed by atoms with Crippen LogP contribution in [-0.4, -0.2) is 48.4 Å². The molecule has 3 atom stereocenters. The summed E-state index contributed by atoms with van der Waals surface area (Å²) in [5.74, 6) is -2.32. The highest BCUT2D eigenvalue weighted by Crippen LogP contribution is 2.56. The minimum Gasteiger partial charge on any atom is -0.480 e. The van der Waals surface area contributed by atoms with Gasteiger partial charge in [-0.2, -0.15) is 0 Å². The van der Waals surface area contributed by atoms with Crippen molar-refractivity contribution in [3.8, 4) is 0 Å². The van der Waals surface area contributed by atoms with Crippen LogP contribution in [0.4, 0.5) is 5.69 Å². The van der Waals surface area contributed by atoms with Gasteiger partial charge in [0.25, 0.3) is 5.91 Å². The molecular weight excluding hydrogens is 531 g/mol. The number of carboxylic acids is 1. The quantitative estimate of drug-likeness (QED) is 0.261. The molecule has 0 heterocycles. The molecule has 8 nitrogen and oxygen atoms in total. The van der Waals surface area contributed by atoms with Crippen molar-refractivity contribution >= 4 is 53.0 Å². The van der Waals surface area contributed by atoms with E-state index in [-0.39, 0.29) is 40.0 Å². The Balaban J connectivity index is 1.64. The Kier molecular flexibility index (Phi) is 9.57. The van der Waals surface area contributed by atoms with Gasteiger partial charge >= 0.3 is 5.97 Å². The van der Waals surface area contributed by atoms with Gasteiger partial charge in [-0.1, -0.05) is 62.2 Å². The lowest BCUT2D eigenvalue weighted by Crippen LogP contribution is -2.49. The summed E-state index contributed by atoms with van der Waals surface area (Å²) in [6, 6.07) is 10.3. The number of halogens is 2. The van der Waals surface area contributed by atoms with Crippen molar-refractivity contribution in [2.45, 2.75) is 46.1 Å². The summed E-state index contributed by atoms with van der Waals surface area (Å²) in [4.78, 5) is 48.4. The number of ether oxygens (including phenoxy) is 1. The fourth-order valence-corrected chi connectivity index (χ4v) is 5.53. The predicted molar refractivity (Wildman–Crippen MR) is 146 cm³/mol. The molecule has 2 amide bonds. The van der Waals surface area contributed by atoms with E-state index in [0.717, 1.165) is 6.42 Å². The van der Waals surface area contributed by atoms with Gasteiger partial charge in [-0.25, -0.2) is 4.79 Å². The summed E-state index contributed by atoms with van der Waals surface area (Å²) in [5, 5.41) is 15.7. The molecule has 2 aromatic rings. The standard InChI is InChI=1S/C28H32Cl2N2O6/c1-27(2)19(11-12-28(27,3)16-38-14-13-33)24(34)32-22(26(36)37)15-17-7-9-18(10-8-17)31-25(35)23-20(29)5-4-6-21(23)30/h4-10,13,19,22H,11-12,14-16H2,1-3H3,(H,31,35)(H,32,34)(H,36,37)/t19-,22+,28+/m1/s1. The van der Waals surface area contributed by atoms with Gasteiger partial charge in [0.15, 0.2) is 0 Å². The van der Waals surface area contributed by atoms with Crippen molar-refractivity contribution < 1.29 is 29.0 Å². The summed E-state index contributed by atoms with van der Waals surface area (Å²) >= 11 is 12.2. The average Bonchev–Trinajstić information content (AvgIpc) is 3.08. The smallest absolute Gasteiger partial charge is 0.326 e. The van der Waals surface area contributed by atoms with Crippen molar-refractivity contribution in [1.82, 2.24) is 5.32 Å². The number of hydrogen-bond donors (Lipinski definition) is 3. The van der Waals surface area contributed by atoms with E-state index in [0.29, 0.717) is 30.6 Å². The minimum absolute atomic E-state index is 0.000159. The number of anilines is 1. The lowest BCUT2D eigenvalue weighted by molar-refractivity contribution is -0.143. The highest BCUT2D eigenvalue weighted by molar-refractivity contribution is 6.40. The van der Waals surface area contributed by atoms with Crippen LogP contribution in [0.15, 0.2) is 42.5 Å². The van der Waals surface area contributed by atoms with E-state index in [9.17, 15) is 24.3 Å². The first-order valence-electron chi connectivity index (χ1n) is 12.3. The van der Waals surface area contributed by atoms with E-state index in [1.807, 2.05) is 20.8 Å². The Morgan fingerprint density at radius 3 is 2.32 bits per heavy atom. The average molecular weight is 563 g/mol. The molecule has 10 heteroatoms. The molecule has 3 rings (SSSR count). The maximum atomic E-state index is 13.2. The number of carbonyl (C=O) groups is 4. The summed E-state index contributed by atoms with van der Waals surface area (Å²) in [7, 11) is 0. The van der Waals surface area contributed by atoms with E-state index in [4.69, 9.17) is 27.9 Å². The highest BCUT2D eigenvalue weighted by atomic mass is 35.5. The first-order valence-corrected chi connectivity index (χ1v) is 13.0. The molecule has 204 valence electrons. The SMILES string of the molecule is CC1(C)[C@@H](C(=O)N[C@@H](Cc2ccc(NC(=O)c3c(Cl)cccc3Cl)cc2)C(=O)O)CC[C@@]1(C)COCC=O. The van der Waals surface area contributed by atoms with Crippen LogP contribution in [0.5, 0.6) is 0 Å². The van der Waals surface area contributed by atoms with Gasteiger partial charge in [0.2, 0.25) is 5.91 Å². The number of aliphatic carboxylic acids is 1. The molecule has 0 radical (unpaired) electrons. The van der Waals surface area contributed by atoms with E-state index in [1.54, 1.807) is 42.5 Å². The number of hydrogen-bond acceptors (Lipinski definition) is 5.